The monoisotopic (exact) mass is 765 g/mol. The normalized spacial score (nSPS) is 10.1. The van der Waals surface area contributed by atoms with Crippen LogP contribution in [0.25, 0.3) is 0 Å². The average molecular weight is 769 g/mol. The van der Waals surface area contributed by atoms with Crippen LogP contribution in [-0.2, 0) is 19.8 Å². The van der Waals surface area contributed by atoms with E-state index in [2.05, 4.69) is 47.8 Å². The van der Waals surface area contributed by atoms with Gasteiger partial charge in [-0.15, -0.1) is 0 Å². The molecule has 0 aliphatic heterocycles. The molecule has 0 saturated carbocycles. The number of rotatable bonds is 5. The minimum absolute atomic E-state index is 0.0252. The molecule has 0 fully saturated rings. The molecule has 0 bridgehead atoms. The highest BCUT2D eigenvalue weighted by molar-refractivity contribution is 9.11. The number of nitrogens with zero attached hydrogens (tertiary/aromatic N) is 2. The lowest BCUT2D eigenvalue weighted by atomic mass is 10.2. The summed E-state index contributed by atoms with van der Waals surface area (Å²) >= 11 is 26.2. The molecule has 37 heavy (non-hydrogen) atoms. The summed E-state index contributed by atoms with van der Waals surface area (Å²) in [7, 11) is 0. The van der Waals surface area contributed by atoms with Gasteiger partial charge in [-0.25, -0.2) is 0 Å². The van der Waals surface area contributed by atoms with Gasteiger partial charge in [-0.1, -0.05) is 50.7 Å². The number of halogens is 6. The summed E-state index contributed by atoms with van der Waals surface area (Å²) in [5, 5.41) is 48.4. The van der Waals surface area contributed by atoms with Crippen molar-refractivity contribution < 1.29 is 25.2 Å². The molecule has 5 N–H and O–H groups in total. The minimum atomic E-state index is -0.612. The first-order valence-electron chi connectivity index (χ1n) is 9.58. The topological polar surface area (TPSA) is 173 Å². The molecule has 3 rings (SSSR count). The first kappa shape index (κ1) is 33.5. The van der Waals surface area contributed by atoms with E-state index in [0.717, 1.165) is 0 Å². The van der Waals surface area contributed by atoms with Crippen molar-refractivity contribution in [2.24, 2.45) is 0 Å². The zero-order valence-corrected chi connectivity index (χ0v) is 25.3. The molecule has 0 saturated heterocycles. The Morgan fingerprint density at radius 3 is 1.73 bits per heavy atom. The Bertz CT molecular complexity index is 1300. The van der Waals surface area contributed by atoms with Crippen LogP contribution < -0.4 is 5.73 Å². The van der Waals surface area contributed by atoms with Crippen molar-refractivity contribution in [3.63, 3.8) is 0 Å². The number of benzene rings is 3. The van der Waals surface area contributed by atoms with E-state index >= 15 is 0 Å². The number of nitrogen functional groups attached to an aromatic ring is 1. The largest absolute Gasteiger partial charge is 0.398 e. The van der Waals surface area contributed by atoms with Gasteiger partial charge < -0.3 is 21.1 Å². The van der Waals surface area contributed by atoms with E-state index < -0.39 is 16.5 Å². The Hall–Kier alpha value is -1.55. The number of nitro groups is 2. The lowest BCUT2D eigenvalue weighted by Gasteiger charge is -2.04. The first-order valence-corrected chi connectivity index (χ1v) is 13.1. The Morgan fingerprint density at radius 1 is 0.784 bits per heavy atom. The van der Waals surface area contributed by atoms with Crippen molar-refractivity contribution >= 4 is 99.7 Å². The second kappa shape index (κ2) is 15.8. The summed E-state index contributed by atoms with van der Waals surface area (Å²) < 4.78 is 1.46. The lowest BCUT2D eigenvalue weighted by Crippen LogP contribution is -1.97. The molecule has 0 radical (unpaired) electrons. The summed E-state index contributed by atoms with van der Waals surface area (Å²) in [6.45, 7) is -0.773. The van der Waals surface area contributed by atoms with Crippen LogP contribution in [0.3, 0.4) is 0 Å². The Balaban J connectivity index is 0.000000279. The van der Waals surface area contributed by atoms with Crippen LogP contribution in [0.15, 0.2) is 49.8 Å². The summed E-state index contributed by atoms with van der Waals surface area (Å²) in [5.74, 6) is 0. The Kier molecular flexibility index (Phi) is 14.3. The van der Waals surface area contributed by atoms with Crippen LogP contribution >= 0.6 is 82.6 Å². The molecule has 10 nitrogen and oxygen atoms in total. The molecule has 0 unspecified atom stereocenters. The van der Waals surface area contributed by atoms with Crippen molar-refractivity contribution in [3.8, 4) is 0 Å². The van der Waals surface area contributed by atoms with Gasteiger partial charge in [-0.3, -0.25) is 20.2 Å². The molecule has 3 aromatic carbocycles. The Labute approximate surface area is 250 Å². The quantitative estimate of drug-likeness (QED) is 0.120. The maximum Gasteiger partial charge on any atom is 0.294 e. The van der Waals surface area contributed by atoms with Gasteiger partial charge in [-0.05, 0) is 67.8 Å². The van der Waals surface area contributed by atoms with Gasteiger partial charge >= 0.3 is 0 Å². The summed E-state index contributed by atoms with van der Waals surface area (Å²) in [4.78, 5) is 19.8. The zero-order valence-electron chi connectivity index (χ0n) is 18.3. The van der Waals surface area contributed by atoms with E-state index in [4.69, 9.17) is 55.9 Å². The molecule has 3 aromatic rings. The Morgan fingerprint density at radius 2 is 1.30 bits per heavy atom. The first-order chi connectivity index (χ1) is 17.3. The third-order valence-corrected chi connectivity index (χ3v) is 7.66. The van der Waals surface area contributed by atoms with Gasteiger partial charge in [0.05, 0.1) is 35.2 Å². The number of hydrogen-bond acceptors (Lipinski definition) is 8. The molecular weight excluding hydrogens is 752 g/mol. The molecule has 200 valence electrons. The third kappa shape index (κ3) is 9.61. The summed E-state index contributed by atoms with van der Waals surface area (Å²) in [6, 6.07) is 8.96. The predicted octanol–water partition coefficient (Wildman–Crippen LogP) is 7.18. The SMILES string of the molecule is Nc1cc(Cl)cc(CO)c1Br.O=[N+]([O-])c1c(Cl)ccc(Br)c1CO.O=[N+]([O-])c1cc(Cl)cc(CO)c1Br. The van der Waals surface area contributed by atoms with Crippen LogP contribution in [0.5, 0.6) is 0 Å². The average Bonchev–Trinajstić information content (AvgIpc) is 2.84. The fraction of sp³-hybridized carbons (Fsp3) is 0.143. The fourth-order valence-corrected chi connectivity index (χ4v) is 4.62. The van der Waals surface area contributed by atoms with Crippen molar-refractivity contribution in [2.45, 2.75) is 19.8 Å². The molecule has 0 aliphatic rings. The van der Waals surface area contributed by atoms with Gasteiger partial charge in [0, 0.05) is 36.3 Å². The molecule has 0 aromatic heterocycles. The van der Waals surface area contributed by atoms with Crippen molar-refractivity contribution in [1.82, 2.24) is 0 Å². The van der Waals surface area contributed by atoms with E-state index in [9.17, 15) is 20.2 Å². The number of nitro benzene ring substituents is 2. The van der Waals surface area contributed by atoms with Crippen LogP contribution in [-0.4, -0.2) is 25.2 Å². The van der Waals surface area contributed by atoms with Gasteiger partial charge in [-0.2, -0.15) is 0 Å². The van der Waals surface area contributed by atoms with Crippen LogP contribution in [0.4, 0.5) is 17.1 Å². The van der Waals surface area contributed by atoms with Gasteiger partial charge in [0.2, 0.25) is 0 Å². The highest BCUT2D eigenvalue weighted by Gasteiger charge is 2.20. The van der Waals surface area contributed by atoms with Gasteiger partial charge in [0.15, 0.2) is 0 Å². The van der Waals surface area contributed by atoms with Gasteiger partial charge in [0.1, 0.15) is 9.50 Å². The predicted molar refractivity (Wildman–Crippen MR) is 153 cm³/mol. The van der Waals surface area contributed by atoms with Crippen molar-refractivity contribution in [1.29, 1.82) is 0 Å². The van der Waals surface area contributed by atoms with Crippen molar-refractivity contribution in [3.05, 3.63) is 102 Å². The number of aliphatic hydroxyl groups is 3. The zero-order chi connectivity index (χ0) is 28.4. The highest BCUT2D eigenvalue weighted by atomic mass is 79.9. The molecule has 0 atom stereocenters. The summed E-state index contributed by atoms with van der Waals surface area (Å²) in [6.07, 6.45) is 0. The maximum absolute atomic E-state index is 10.5. The number of aliphatic hydroxyl groups excluding tert-OH is 3. The maximum atomic E-state index is 10.5. The van der Waals surface area contributed by atoms with E-state index in [-0.39, 0.29) is 44.7 Å². The number of hydrogen-bond donors (Lipinski definition) is 4. The molecule has 0 amide bonds. The van der Waals surface area contributed by atoms with E-state index in [1.807, 2.05) is 0 Å². The molecular formula is C21H17Br3Cl3N3O7. The van der Waals surface area contributed by atoms with Crippen LogP contribution in [0.1, 0.15) is 16.7 Å². The molecule has 0 spiro atoms. The van der Waals surface area contributed by atoms with Crippen LogP contribution in [0, 0.1) is 20.2 Å². The number of nitrogens with two attached hydrogens (primary N) is 1. The standard InChI is InChI=1S/2C7H5BrClNO3.C7H7BrClNO/c8-7-4(3-11)1-5(9)2-6(7)10(12)13;8-5-1-2-6(9)7(10(12)13)4(5)3-11;8-7-4(3-11)1-5(9)2-6(7)10/h2*1-2,11H,3H2;1-2,11H,3,10H2. The highest BCUT2D eigenvalue weighted by Crippen LogP contribution is 2.34. The lowest BCUT2D eigenvalue weighted by molar-refractivity contribution is -0.385. The smallest absolute Gasteiger partial charge is 0.294 e. The minimum Gasteiger partial charge on any atom is -0.398 e. The molecule has 0 heterocycles. The van der Waals surface area contributed by atoms with Crippen molar-refractivity contribution in [2.75, 3.05) is 5.73 Å². The fourth-order valence-electron chi connectivity index (χ4n) is 2.59. The van der Waals surface area contributed by atoms with Gasteiger partial charge in [0.25, 0.3) is 11.4 Å². The van der Waals surface area contributed by atoms with E-state index in [1.54, 1.807) is 18.2 Å². The molecule has 16 heteroatoms. The second-order valence-corrected chi connectivity index (χ2v) is 10.4. The summed E-state index contributed by atoms with van der Waals surface area (Å²) in [5.41, 5.74) is 7.00. The van der Waals surface area contributed by atoms with Crippen LogP contribution in [0.2, 0.25) is 15.1 Å². The second-order valence-electron chi connectivity index (χ2n) is 6.71. The molecule has 0 aliphatic carbocycles. The third-order valence-electron chi connectivity index (χ3n) is 4.29. The van der Waals surface area contributed by atoms with E-state index in [0.29, 0.717) is 30.8 Å². The van der Waals surface area contributed by atoms with E-state index in [1.165, 1.54) is 18.2 Å². The number of anilines is 1.